The summed E-state index contributed by atoms with van der Waals surface area (Å²) in [4.78, 5) is 28.3. The number of hydrogen-bond donors (Lipinski definition) is 1. The van der Waals surface area contributed by atoms with Gasteiger partial charge in [-0.15, -0.1) is 0 Å². The van der Waals surface area contributed by atoms with Gasteiger partial charge in [0.2, 0.25) is 0 Å². The summed E-state index contributed by atoms with van der Waals surface area (Å²) < 4.78 is 5.57. The Morgan fingerprint density at radius 2 is 1.65 bits per heavy atom. The number of rotatable bonds is 6. The molecule has 156 valence electrons. The minimum Gasteiger partial charge on any atom is -0.494 e. The van der Waals surface area contributed by atoms with Crippen LogP contribution in [0.3, 0.4) is 0 Å². The average Bonchev–Trinajstić information content (AvgIpc) is 3.00. The van der Waals surface area contributed by atoms with Gasteiger partial charge < -0.3 is 10.1 Å². The van der Waals surface area contributed by atoms with Gasteiger partial charge in [0.15, 0.2) is 0 Å². The number of aryl methyl sites for hydroxylation is 2. The van der Waals surface area contributed by atoms with Gasteiger partial charge in [0.05, 0.1) is 17.9 Å². The van der Waals surface area contributed by atoms with Crippen molar-refractivity contribution in [1.82, 2.24) is 0 Å². The number of benzene rings is 3. The molecule has 1 aliphatic rings. The molecular weight excluding hydrogens is 388 g/mol. The Hall–Kier alpha value is -3.86. The quantitative estimate of drug-likeness (QED) is 0.573. The minimum atomic E-state index is -0.376. The standard InChI is InChI=1S/C26H24N2O3/c1-4-31-21-12-8-11-20(16-21)27-24-23(19-9-6-5-7-10-19)25(29)28(26(24)30)22-15-17(2)13-14-18(22)3/h5-16,27H,4H2,1-3H3. The SMILES string of the molecule is CCOc1cccc(NC2=C(c3ccccc3)C(=O)N(c3cc(C)ccc3C)C2=O)c1. The largest absolute Gasteiger partial charge is 0.494 e. The van der Waals surface area contributed by atoms with Gasteiger partial charge in [-0.3, -0.25) is 9.59 Å². The number of carbonyl (C=O) groups excluding carboxylic acids is 2. The van der Waals surface area contributed by atoms with Gasteiger partial charge in [0.25, 0.3) is 11.8 Å². The summed E-state index contributed by atoms with van der Waals surface area (Å²) in [6, 6.07) is 22.4. The molecule has 0 aromatic heterocycles. The van der Waals surface area contributed by atoms with E-state index in [-0.39, 0.29) is 17.5 Å². The second-order valence-electron chi connectivity index (χ2n) is 7.44. The predicted octanol–water partition coefficient (Wildman–Crippen LogP) is 5.10. The van der Waals surface area contributed by atoms with Crippen LogP contribution in [-0.2, 0) is 9.59 Å². The zero-order valence-corrected chi connectivity index (χ0v) is 17.8. The maximum atomic E-state index is 13.5. The molecule has 1 heterocycles. The van der Waals surface area contributed by atoms with Crippen LogP contribution in [0.4, 0.5) is 11.4 Å². The molecule has 3 aromatic carbocycles. The highest BCUT2D eigenvalue weighted by Gasteiger charge is 2.40. The maximum Gasteiger partial charge on any atom is 0.282 e. The number of imide groups is 1. The second-order valence-corrected chi connectivity index (χ2v) is 7.44. The molecule has 0 aliphatic carbocycles. The molecule has 1 aliphatic heterocycles. The van der Waals surface area contributed by atoms with Gasteiger partial charge in [-0.1, -0.05) is 48.5 Å². The van der Waals surface area contributed by atoms with Crippen molar-refractivity contribution in [3.8, 4) is 5.75 Å². The summed E-state index contributed by atoms with van der Waals surface area (Å²) in [5.74, 6) is -0.0229. The molecule has 0 unspecified atom stereocenters. The number of nitrogens with zero attached hydrogens (tertiary/aromatic N) is 1. The van der Waals surface area contributed by atoms with E-state index in [1.165, 1.54) is 4.90 Å². The van der Waals surface area contributed by atoms with E-state index in [9.17, 15) is 9.59 Å². The van der Waals surface area contributed by atoms with Crippen molar-refractivity contribution in [2.75, 3.05) is 16.8 Å². The van der Waals surface area contributed by atoms with Crippen LogP contribution >= 0.6 is 0 Å². The number of ether oxygens (including phenoxy) is 1. The highest BCUT2D eigenvalue weighted by atomic mass is 16.5. The van der Waals surface area contributed by atoms with E-state index < -0.39 is 0 Å². The number of anilines is 2. The van der Waals surface area contributed by atoms with Crippen LogP contribution < -0.4 is 15.0 Å². The van der Waals surface area contributed by atoms with Crippen molar-refractivity contribution in [3.63, 3.8) is 0 Å². The van der Waals surface area contributed by atoms with Crippen LogP contribution in [0.1, 0.15) is 23.6 Å². The fraction of sp³-hybridized carbons (Fsp3) is 0.154. The van der Waals surface area contributed by atoms with E-state index in [0.29, 0.717) is 34.9 Å². The normalized spacial score (nSPS) is 13.7. The van der Waals surface area contributed by atoms with Crippen LogP contribution in [0.5, 0.6) is 5.75 Å². The molecule has 1 N–H and O–H groups in total. The summed E-state index contributed by atoms with van der Waals surface area (Å²) in [6.07, 6.45) is 0. The lowest BCUT2D eigenvalue weighted by atomic mass is 10.0. The lowest BCUT2D eigenvalue weighted by molar-refractivity contribution is -0.120. The molecule has 0 saturated carbocycles. The smallest absolute Gasteiger partial charge is 0.282 e. The molecule has 31 heavy (non-hydrogen) atoms. The fourth-order valence-corrected chi connectivity index (χ4v) is 3.67. The summed E-state index contributed by atoms with van der Waals surface area (Å²) in [5.41, 5.74) is 4.42. The zero-order valence-electron chi connectivity index (χ0n) is 17.8. The molecule has 0 radical (unpaired) electrons. The molecule has 3 aromatic rings. The topological polar surface area (TPSA) is 58.6 Å². The Labute approximate surface area is 182 Å². The van der Waals surface area contributed by atoms with E-state index in [1.807, 2.05) is 93.6 Å². The molecular formula is C26H24N2O3. The van der Waals surface area contributed by atoms with Crippen LogP contribution in [0.25, 0.3) is 5.57 Å². The molecule has 0 bridgehead atoms. The van der Waals surface area contributed by atoms with Gasteiger partial charge in [-0.05, 0) is 55.7 Å². The van der Waals surface area contributed by atoms with Gasteiger partial charge in [-0.2, -0.15) is 0 Å². The molecule has 0 spiro atoms. The van der Waals surface area contributed by atoms with Gasteiger partial charge in [0.1, 0.15) is 11.4 Å². The Morgan fingerprint density at radius 1 is 0.871 bits per heavy atom. The Kier molecular flexibility index (Phi) is 5.58. The first-order valence-corrected chi connectivity index (χ1v) is 10.2. The average molecular weight is 412 g/mol. The maximum absolute atomic E-state index is 13.5. The third-order valence-electron chi connectivity index (χ3n) is 5.17. The lowest BCUT2D eigenvalue weighted by Gasteiger charge is -2.18. The van der Waals surface area contributed by atoms with Crippen molar-refractivity contribution in [2.45, 2.75) is 20.8 Å². The molecule has 4 rings (SSSR count). The highest BCUT2D eigenvalue weighted by molar-refractivity contribution is 6.46. The number of nitrogens with one attached hydrogen (secondary N) is 1. The van der Waals surface area contributed by atoms with Crippen LogP contribution in [0, 0.1) is 13.8 Å². The van der Waals surface area contributed by atoms with Crippen molar-refractivity contribution in [2.24, 2.45) is 0 Å². The molecule has 5 heteroatoms. The van der Waals surface area contributed by atoms with E-state index in [4.69, 9.17) is 4.74 Å². The first-order chi connectivity index (χ1) is 15.0. The molecule has 5 nitrogen and oxygen atoms in total. The summed E-state index contributed by atoms with van der Waals surface area (Å²) in [7, 11) is 0. The summed E-state index contributed by atoms with van der Waals surface area (Å²) in [6.45, 7) is 6.29. The third-order valence-corrected chi connectivity index (χ3v) is 5.17. The van der Waals surface area contributed by atoms with E-state index in [2.05, 4.69) is 5.32 Å². The van der Waals surface area contributed by atoms with Gasteiger partial charge in [-0.25, -0.2) is 4.90 Å². The second kappa shape index (κ2) is 8.48. The first-order valence-electron chi connectivity index (χ1n) is 10.2. The number of carbonyl (C=O) groups is 2. The Morgan fingerprint density at radius 3 is 2.39 bits per heavy atom. The molecule has 0 atom stereocenters. The van der Waals surface area contributed by atoms with E-state index >= 15 is 0 Å². The monoisotopic (exact) mass is 412 g/mol. The van der Waals surface area contributed by atoms with Crippen molar-refractivity contribution >= 4 is 28.8 Å². The van der Waals surface area contributed by atoms with Crippen LogP contribution in [0.2, 0.25) is 0 Å². The summed E-state index contributed by atoms with van der Waals surface area (Å²) in [5, 5.41) is 3.19. The minimum absolute atomic E-state index is 0.255. The Bertz CT molecular complexity index is 1180. The number of amides is 2. The molecule has 2 amide bonds. The molecule has 0 fully saturated rings. The first kappa shape index (κ1) is 20.4. The Balaban J connectivity index is 1.81. The zero-order chi connectivity index (χ0) is 22.0. The summed E-state index contributed by atoms with van der Waals surface area (Å²) >= 11 is 0. The highest BCUT2D eigenvalue weighted by Crippen LogP contribution is 2.35. The van der Waals surface area contributed by atoms with Gasteiger partial charge in [0, 0.05) is 11.8 Å². The van der Waals surface area contributed by atoms with E-state index in [0.717, 1.165) is 11.1 Å². The lowest BCUT2D eigenvalue weighted by Crippen LogP contribution is -2.33. The van der Waals surface area contributed by atoms with Crippen molar-refractivity contribution in [3.05, 3.63) is 95.2 Å². The molecule has 0 saturated heterocycles. The fourth-order valence-electron chi connectivity index (χ4n) is 3.67. The van der Waals surface area contributed by atoms with Crippen molar-refractivity contribution < 1.29 is 14.3 Å². The van der Waals surface area contributed by atoms with Crippen LogP contribution in [0.15, 0.2) is 78.5 Å². The van der Waals surface area contributed by atoms with Gasteiger partial charge >= 0.3 is 0 Å². The van der Waals surface area contributed by atoms with Crippen LogP contribution in [-0.4, -0.2) is 18.4 Å². The van der Waals surface area contributed by atoms with E-state index in [1.54, 1.807) is 0 Å². The number of hydrogen-bond acceptors (Lipinski definition) is 4. The predicted molar refractivity (Wildman–Crippen MR) is 123 cm³/mol. The third kappa shape index (κ3) is 3.94. The van der Waals surface area contributed by atoms with Crippen molar-refractivity contribution in [1.29, 1.82) is 0 Å².